The predicted molar refractivity (Wildman–Crippen MR) is 118 cm³/mol. The molecule has 0 aliphatic carbocycles. The number of esters is 1. The molecule has 0 unspecified atom stereocenters. The lowest BCUT2D eigenvalue weighted by Gasteiger charge is -2.26. The fourth-order valence-electron chi connectivity index (χ4n) is 3.41. The summed E-state index contributed by atoms with van der Waals surface area (Å²) in [7, 11) is -3.90. The zero-order valence-corrected chi connectivity index (χ0v) is 19.3. The van der Waals surface area contributed by atoms with Crippen molar-refractivity contribution >= 4 is 27.6 Å². The van der Waals surface area contributed by atoms with Crippen LogP contribution in [-0.4, -0.2) is 54.8 Å². The number of sulfonamides is 1. The van der Waals surface area contributed by atoms with Gasteiger partial charge in [0.05, 0.1) is 35.1 Å². The van der Waals surface area contributed by atoms with Gasteiger partial charge in [-0.05, 0) is 37.3 Å². The van der Waals surface area contributed by atoms with E-state index in [-0.39, 0.29) is 43.0 Å². The summed E-state index contributed by atoms with van der Waals surface area (Å²) >= 11 is 6.44. The zero-order chi connectivity index (χ0) is 23.6. The standard InChI is InChI=1S/C22H21ClFN3O5S/c1-15-19(21(23)27(25-15)16-5-3-2-4-6-16)14-32-22(28)18-13-17(7-8-20(18)24)33(29,30)26-9-11-31-12-10-26/h2-8,13H,9-12,14H2,1H3. The summed E-state index contributed by atoms with van der Waals surface area (Å²) in [5.41, 5.74) is 1.26. The molecular formula is C22H21ClFN3O5S. The Morgan fingerprint density at radius 3 is 2.58 bits per heavy atom. The molecule has 3 aromatic rings. The Morgan fingerprint density at radius 1 is 1.18 bits per heavy atom. The van der Waals surface area contributed by atoms with Crippen LogP contribution in [0.5, 0.6) is 0 Å². The molecular weight excluding hydrogens is 473 g/mol. The summed E-state index contributed by atoms with van der Waals surface area (Å²) in [6.07, 6.45) is 0. The van der Waals surface area contributed by atoms with Gasteiger partial charge in [-0.25, -0.2) is 22.3 Å². The largest absolute Gasteiger partial charge is 0.457 e. The maximum Gasteiger partial charge on any atom is 0.341 e. The van der Waals surface area contributed by atoms with E-state index in [0.29, 0.717) is 11.3 Å². The van der Waals surface area contributed by atoms with Crippen molar-refractivity contribution in [1.82, 2.24) is 14.1 Å². The summed E-state index contributed by atoms with van der Waals surface area (Å²) < 4.78 is 53.3. The van der Waals surface area contributed by atoms with Gasteiger partial charge in [0.25, 0.3) is 0 Å². The third kappa shape index (κ3) is 4.79. The molecule has 8 nitrogen and oxygen atoms in total. The van der Waals surface area contributed by atoms with E-state index in [1.807, 2.05) is 30.3 Å². The lowest BCUT2D eigenvalue weighted by molar-refractivity contribution is 0.0466. The summed E-state index contributed by atoms with van der Waals surface area (Å²) in [4.78, 5) is 12.4. The molecule has 11 heteroatoms. The van der Waals surface area contributed by atoms with E-state index >= 15 is 0 Å². The molecule has 0 atom stereocenters. The second-order valence-corrected chi connectivity index (χ2v) is 9.63. The van der Waals surface area contributed by atoms with Gasteiger partial charge in [-0.1, -0.05) is 29.8 Å². The molecule has 0 bridgehead atoms. The first-order valence-electron chi connectivity index (χ1n) is 10.1. The summed E-state index contributed by atoms with van der Waals surface area (Å²) in [5, 5.41) is 4.63. The minimum atomic E-state index is -3.90. The molecule has 0 spiro atoms. The first-order valence-corrected chi connectivity index (χ1v) is 11.9. The van der Waals surface area contributed by atoms with Crippen molar-refractivity contribution in [3.05, 3.63) is 76.3 Å². The molecule has 174 valence electrons. The van der Waals surface area contributed by atoms with Crippen molar-refractivity contribution in [3.8, 4) is 5.69 Å². The number of aromatic nitrogens is 2. The highest BCUT2D eigenvalue weighted by Gasteiger charge is 2.28. The van der Waals surface area contributed by atoms with Gasteiger partial charge in [-0.2, -0.15) is 9.40 Å². The van der Waals surface area contributed by atoms with Crippen LogP contribution in [0.4, 0.5) is 4.39 Å². The van der Waals surface area contributed by atoms with Crippen molar-refractivity contribution in [2.24, 2.45) is 0 Å². The number of aryl methyl sites for hydroxylation is 1. The molecule has 33 heavy (non-hydrogen) atoms. The lowest BCUT2D eigenvalue weighted by Crippen LogP contribution is -2.40. The normalized spacial score (nSPS) is 14.9. The Labute approximate surface area is 195 Å². The van der Waals surface area contributed by atoms with Gasteiger partial charge in [-0.3, -0.25) is 0 Å². The zero-order valence-electron chi connectivity index (χ0n) is 17.7. The average molecular weight is 494 g/mol. The molecule has 0 amide bonds. The van der Waals surface area contributed by atoms with Gasteiger partial charge in [0.1, 0.15) is 17.6 Å². The molecule has 1 aliphatic rings. The van der Waals surface area contributed by atoms with Crippen LogP contribution in [0.25, 0.3) is 5.69 Å². The summed E-state index contributed by atoms with van der Waals surface area (Å²) in [5.74, 6) is -1.89. The Morgan fingerprint density at radius 2 is 1.88 bits per heavy atom. The SMILES string of the molecule is Cc1nn(-c2ccccc2)c(Cl)c1COC(=O)c1cc(S(=O)(=O)N2CCOCC2)ccc1F. The summed E-state index contributed by atoms with van der Waals surface area (Å²) in [6, 6.07) is 12.2. The van der Waals surface area contributed by atoms with Crippen LogP contribution in [0.2, 0.25) is 5.15 Å². The number of ether oxygens (including phenoxy) is 2. The van der Waals surface area contributed by atoms with Crippen molar-refractivity contribution < 1.29 is 27.1 Å². The van der Waals surface area contributed by atoms with Crippen LogP contribution in [0, 0.1) is 12.7 Å². The lowest BCUT2D eigenvalue weighted by atomic mass is 10.2. The Bertz CT molecular complexity index is 1270. The highest BCUT2D eigenvalue weighted by atomic mass is 35.5. The first-order chi connectivity index (χ1) is 15.8. The molecule has 2 heterocycles. The molecule has 1 saturated heterocycles. The minimum absolute atomic E-state index is 0.183. The number of morpholine rings is 1. The van der Waals surface area contributed by atoms with Crippen LogP contribution in [0.15, 0.2) is 53.4 Å². The molecule has 0 saturated carbocycles. The monoisotopic (exact) mass is 493 g/mol. The third-order valence-corrected chi connectivity index (χ3v) is 7.52. The van der Waals surface area contributed by atoms with Crippen LogP contribution in [-0.2, 0) is 26.1 Å². The smallest absolute Gasteiger partial charge is 0.341 e. The van der Waals surface area contributed by atoms with Crippen LogP contribution < -0.4 is 0 Å². The molecule has 0 N–H and O–H groups in total. The molecule has 2 aromatic carbocycles. The quantitative estimate of drug-likeness (QED) is 0.489. The number of para-hydroxylation sites is 1. The molecule has 1 aromatic heterocycles. The molecule has 1 aliphatic heterocycles. The second-order valence-electron chi connectivity index (χ2n) is 7.34. The van der Waals surface area contributed by atoms with Crippen molar-refractivity contribution in [3.63, 3.8) is 0 Å². The molecule has 0 radical (unpaired) electrons. The second kappa shape index (κ2) is 9.60. The van der Waals surface area contributed by atoms with Gasteiger partial charge < -0.3 is 9.47 Å². The first kappa shape index (κ1) is 23.4. The maximum absolute atomic E-state index is 14.4. The number of hydrogen-bond donors (Lipinski definition) is 0. The topological polar surface area (TPSA) is 90.7 Å². The fraction of sp³-hybridized carbons (Fsp3) is 0.273. The number of carbonyl (C=O) groups excluding carboxylic acids is 1. The number of rotatable bonds is 6. The van der Waals surface area contributed by atoms with Gasteiger partial charge in [-0.15, -0.1) is 0 Å². The van der Waals surface area contributed by atoms with Gasteiger partial charge >= 0.3 is 5.97 Å². The minimum Gasteiger partial charge on any atom is -0.457 e. The van der Waals surface area contributed by atoms with E-state index < -0.39 is 27.4 Å². The molecule has 4 rings (SSSR count). The third-order valence-electron chi connectivity index (χ3n) is 5.24. The number of halogens is 2. The average Bonchev–Trinajstić information content (AvgIpc) is 3.12. The van der Waals surface area contributed by atoms with Gasteiger partial charge in [0.15, 0.2) is 0 Å². The van der Waals surface area contributed by atoms with Crippen molar-refractivity contribution in [2.45, 2.75) is 18.4 Å². The van der Waals surface area contributed by atoms with E-state index in [4.69, 9.17) is 21.1 Å². The predicted octanol–water partition coefficient (Wildman–Crippen LogP) is 3.35. The maximum atomic E-state index is 14.4. The van der Waals surface area contributed by atoms with Crippen LogP contribution in [0.1, 0.15) is 21.6 Å². The van der Waals surface area contributed by atoms with E-state index in [0.717, 1.165) is 23.9 Å². The number of hydrogen-bond acceptors (Lipinski definition) is 6. The van der Waals surface area contributed by atoms with Crippen molar-refractivity contribution in [1.29, 1.82) is 0 Å². The van der Waals surface area contributed by atoms with Crippen LogP contribution in [0.3, 0.4) is 0 Å². The Balaban J connectivity index is 1.54. The highest BCUT2D eigenvalue weighted by Crippen LogP contribution is 2.25. The fourth-order valence-corrected chi connectivity index (χ4v) is 5.17. The number of carbonyl (C=O) groups is 1. The van der Waals surface area contributed by atoms with Gasteiger partial charge in [0.2, 0.25) is 10.0 Å². The van der Waals surface area contributed by atoms with E-state index in [2.05, 4.69) is 5.10 Å². The van der Waals surface area contributed by atoms with Gasteiger partial charge in [0, 0.05) is 18.7 Å². The van der Waals surface area contributed by atoms with E-state index in [1.165, 1.54) is 8.99 Å². The van der Waals surface area contributed by atoms with E-state index in [1.54, 1.807) is 6.92 Å². The van der Waals surface area contributed by atoms with Crippen molar-refractivity contribution in [2.75, 3.05) is 26.3 Å². The van der Waals surface area contributed by atoms with Crippen LogP contribution >= 0.6 is 11.6 Å². The number of benzene rings is 2. The summed E-state index contributed by atoms with van der Waals surface area (Å²) in [6.45, 7) is 2.37. The van der Waals surface area contributed by atoms with E-state index in [9.17, 15) is 17.6 Å². The Hall–Kier alpha value is -2.79. The highest BCUT2D eigenvalue weighted by molar-refractivity contribution is 7.89. The Kier molecular flexibility index (Phi) is 6.80. The molecule has 1 fully saturated rings. The number of nitrogens with zero attached hydrogens (tertiary/aromatic N) is 3.